The molecule has 4 nitrogen and oxygen atoms in total. The number of methoxy groups -OCH3 is 1. The van der Waals surface area contributed by atoms with Crippen LogP contribution in [0.2, 0.25) is 0 Å². The summed E-state index contributed by atoms with van der Waals surface area (Å²) in [6, 6.07) is 3.80. The molecule has 110 valence electrons. The van der Waals surface area contributed by atoms with Crippen LogP contribution in [0.3, 0.4) is 0 Å². The molecule has 1 unspecified atom stereocenters. The number of carbonyl (C=O) groups excluding carboxylic acids is 1. The minimum Gasteiger partial charge on any atom is -0.398 e. The van der Waals surface area contributed by atoms with Crippen LogP contribution in [0, 0.1) is 19.8 Å². The van der Waals surface area contributed by atoms with Gasteiger partial charge in [0, 0.05) is 31.5 Å². The Hall–Kier alpha value is -1.55. The molecule has 1 atom stereocenters. The second-order valence-corrected chi connectivity index (χ2v) is 5.74. The van der Waals surface area contributed by atoms with Crippen LogP contribution in [0.15, 0.2) is 12.1 Å². The number of likely N-dealkylation sites (tertiary alicyclic amines) is 1. The molecule has 1 saturated heterocycles. The third-order valence-corrected chi connectivity index (χ3v) is 4.05. The summed E-state index contributed by atoms with van der Waals surface area (Å²) in [4.78, 5) is 14.6. The van der Waals surface area contributed by atoms with Crippen LogP contribution in [0.1, 0.15) is 34.3 Å². The molecule has 2 N–H and O–H groups in total. The lowest BCUT2D eigenvalue weighted by Gasteiger charge is -2.33. The first kappa shape index (κ1) is 14.9. The normalized spacial score (nSPS) is 19.1. The second-order valence-electron chi connectivity index (χ2n) is 5.74. The summed E-state index contributed by atoms with van der Waals surface area (Å²) in [6.45, 7) is 6.26. The third kappa shape index (κ3) is 3.12. The molecule has 4 heteroatoms. The van der Waals surface area contributed by atoms with E-state index in [4.69, 9.17) is 10.5 Å². The van der Waals surface area contributed by atoms with E-state index in [1.165, 1.54) is 0 Å². The van der Waals surface area contributed by atoms with Gasteiger partial charge in [0.2, 0.25) is 0 Å². The van der Waals surface area contributed by atoms with Crippen molar-refractivity contribution < 1.29 is 9.53 Å². The van der Waals surface area contributed by atoms with Crippen molar-refractivity contribution in [3.8, 4) is 0 Å². The van der Waals surface area contributed by atoms with Gasteiger partial charge in [-0.3, -0.25) is 4.79 Å². The van der Waals surface area contributed by atoms with Crippen LogP contribution in [0.4, 0.5) is 5.69 Å². The number of hydrogen-bond donors (Lipinski definition) is 1. The van der Waals surface area contributed by atoms with E-state index in [0.29, 0.717) is 11.6 Å². The Morgan fingerprint density at radius 1 is 1.40 bits per heavy atom. The summed E-state index contributed by atoms with van der Waals surface area (Å²) < 4.78 is 5.22. The van der Waals surface area contributed by atoms with Gasteiger partial charge in [0.05, 0.1) is 6.61 Å². The number of nitrogens with two attached hydrogens (primary N) is 1. The molecule has 1 heterocycles. The molecule has 0 aromatic heterocycles. The average Bonchev–Trinajstić information content (AvgIpc) is 2.43. The molecule has 0 spiro atoms. The van der Waals surface area contributed by atoms with Crippen LogP contribution in [-0.4, -0.2) is 37.6 Å². The lowest BCUT2D eigenvalue weighted by Crippen LogP contribution is -2.41. The molecule has 20 heavy (non-hydrogen) atoms. The SMILES string of the molecule is COCC1CCCN(C(=O)c2cc(N)c(C)cc2C)C1. The van der Waals surface area contributed by atoms with Crippen LogP contribution in [0.25, 0.3) is 0 Å². The highest BCUT2D eigenvalue weighted by Crippen LogP contribution is 2.23. The van der Waals surface area contributed by atoms with Crippen LogP contribution >= 0.6 is 0 Å². The van der Waals surface area contributed by atoms with Crippen molar-refractivity contribution >= 4 is 11.6 Å². The summed E-state index contributed by atoms with van der Waals surface area (Å²) in [5.74, 6) is 0.538. The Balaban J connectivity index is 2.16. The van der Waals surface area contributed by atoms with Crippen LogP contribution in [0.5, 0.6) is 0 Å². The van der Waals surface area contributed by atoms with Gasteiger partial charge in [-0.15, -0.1) is 0 Å². The first-order valence-corrected chi connectivity index (χ1v) is 7.18. The zero-order valence-electron chi connectivity index (χ0n) is 12.6. The second kappa shape index (κ2) is 6.27. The zero-order chi connectivity index (χ0) is 14.7. The van der Waals surface area contributed by atoms with E-state index >= 15 is 0 Å². The van der Waals surface area contributed by atoms with Gasteiger partial charge in [0.1, 0.15) is 0 Å². The number of anilines is 1. The maximum absolute atomic E-state index is 12.7. The first-order valence-electron chi connectivity index (χ1n) is 7.18. The van der Waals surface area contributed by atoms with E-state index in [9.17, 15) is 4.79 Å². The highest BCUT2D eigenvalue weighted by molar-refractivity contribution is 5.96. The number of rotatable bonds is 3. The number of amides is 1. The van der Waals surface area contributed by atoms with Crippen molar-refractivity contribution in [3.63, 3.8) is 0 Å². The van der Waals surface area contributed by atoms with Crippen molar-refractivity contribution in [1.29, 1.82) is 0 Å². The van der Waals surface area contributed by atoms with Gasteiger partial charge in [-0.05, 0) is 49.8 Å². The molecular weight excluding hydrogens is 252 g/mol. The van der Waals surface area contributed by atoms with E-state index < -0.39 is 0 Å². The summed E-state index contributed by atoms with van der Waals surface area (Å²) >= 11 is 0. The highest BCUT2D eigenvalue weighted by atomic mass is 16.5. The number of hydrogen-bond acceptors (Lipinski definition) is 3. The van der Waals surface area contributed by atoms with Gasteiger partial charge >= 0.3 is 0 Å². The van der Waals surface area contributed by atoms with E-state index in [2.05, 4.69) is 0 Å². The number of benzene rings is 1. The Bertz CT molecular complexity index is 497. The fourth-order valence-corrected chi connectivity index (χ4v) is 2.89. The largest absolute Gasteiger partial charge is 0.398 e. The maximum Gasteiger partial charge on any atom is 0.254 e. The maximum atomic E-state index is 12.7. The van der Waals surface area contributed by atoms with Crippen molar-refractivity contribution in [1.82, 2.24) is 4.90 Å². The predicted octanol–water partition coefficient (Wildman–Crippen LogP) is 2.38. The lowest BCUT2D eigenvalue weighted by molar-refractivity contribution is 0.0570. The van der Waals surface area contributed by atoms with Gasteiger partial charge in [0.15, 0.2) is 0 Å². The number of nitrogens with zero attached hydrogens (tertiary/aromatic N) is 1. The molecule has 1 amide bonds. The fourth-order valence-electron chi connectivity index (χ4n) is 2.89. The quantitative estimate of drug-likeness (QED) is 0.862. The number of ether oxygens (including phenoxy) is 1. The predicted molar refractivity (Wildman–Crippen MR) is 80.8 cm³/mol. The number of piperidine rings is 1. The molecule has 1 aliphatic rings. The number of aryl methyl sites for hydroxylation is 2. The van der Waals surface area contributed by atoms with E-state index in [1.54, 1.807) is 7.11 Å². The van der Waals surface area contributed by atoms with E-state index in [1.807, 2.05) is 30.9 Å². The summed E-state index contributed by atoms with van der Waals surface area (Å²) in [5, 5.41) is 0. The smallest absolute Gasteiger partial charge is 0.254 e. The van der Waals surface area contributed by atoms with Crippen molar-refractivity contribution in [3.05, 3.63) is 28.8 Å². The lowest BCUT2D eigenvalue weighted by atomic mass is 9.97. The fraction of sp³-hybridized carbons (Fsp3) is 0.562. The third-order valence-electron chi connectivity index (χ3n) is 4.05. The van der Waals surface area contributed by atoms with Crippen molar-refractivity contribution in [2.24, 2.45) is 5.92 Å². The monoisotopic (exact) mass is 276 g/mol. The summed E-state index contributed by atoms with van der Waals surface area (Å²) in [6.07, 6.45) is 2.17. The first-order chi connectivity index (χ1) is 9.52. The Kier molecular flexibility index (Phi) is 4.65. The Morgan fingerprint density at radius 2 is 2.15 bits per heavy atom. The average molecular weight is 276 g/mol. The topological polar surface area (TPSA) is 55.6 Å². The minimum atomic E-state index is 0.0926. The Morgan fingerprint density at radius 3 is 2.85 bits per heavy atom. The molecule has 0 radical (unpaired) electrons. The zero-order valence-corrected chi connectivity index (χ0v) is 12.6. The molecule has 1 aromatic rings. The molecule has 0 aliphatic carbocycles. The van der Waals surface area contributed by atoms with Gasteiger partial charge in [-0.2, -0.15) is 0 Å². The Labute approximate surface area is 120 Å². The van der Waals surface area contributed by atoms with Crippen molar-refractivity contribution in [2.45, 2.75) is 26.7 Å². The molecule has 2 rings (SSSR count). The standard InChI is InChI=1S/C16H24N2O2/c1-11-7-12(2)15(17)8-14(11)16(19)18-6-4-5-13(9-18)10-20-3/h7-8,13H,4-6,9-10,17H2,1-3H3. The summed E-state index contributed by atoms with van der Waals surface area (Å²) in [5.41, 5.74) is 9.37. The van der Waals surface area contributed by atoms with Gasteiger partial charge in [0.25, 0.3) is 5.91 Å². The molecular formula is C16H24N2O2. The molecule has 0 bridgehead atoms. The highest BCUT2D eigenvalue weighted by Gasteiger charge is 2.25. The van der Waals surface area contributed by atoms with Gasteiger partial charge in [-0.1, -0.05) is 6.07 Å². The summed E-state index contributed by atoms with van der Waals surface area (Å²) in [7, 11) is 1.71. The van der Waals surface area contributed by atoms with E-state index in [0.717, 1.165) is 49.2 Å². The number of carbonyl (C=O) groups is 1. The van der Waals surface area contributed by atoms with Crippen molar-refractivity contribution in [2.75, 3.05) is 32.5 Å². The number of nitrogen functional groups attached to an aromatic ring is 1. The molecule has 0 saturated carbocycles. The van der Waals surface area contributed by atoms with Crippen LogP contribution in [-0.2, 0) is 4.74 Å². The molecule has 1 aliphatic heterocycles. The van der Waals surface area contributed by atoms with Gasteiger partial charge < -0.3 is 15.4 Å². The van der Waals surface area contributed by atoms with Crippen LogP contribution < -0.4 is 5.73 Å². The molecule has 1 fully saturated rings. The minimum absolute atomic E-state index is 0.0926. The molecule has 1 aromatic carbocycles. The van der Waals surface area contributed by atoms with E-state index in [-0.39, 0.29) is 5.91 Å². The van der Waals surface area contributed by atoms with Gasteiger partial charge in [-0.25, -0.2) is 0 Å².